The SMILES string of the molecule is O=C(CN1CCOCC1)N[C@H](c1ccccc1)c1ccc(OC(F)F)cc1. The largest absolute Gasteiger partial charge is 0.435 e. The highest BCUT2D eigenvalue weighted by Gasteiger charge is 2.20. The third kappa shape index (κ3) is 5.74. The number of ether oxygens (including phenoxy) is 2. The monoisotopic (exact) mass is 376 g/mol. The van der Waals surface area contributed by atoms with Gasteiger partial charge in [0.2, 0.25) is 5.91 Å². The Hall–Kier alpha value is -2.51. The maximum Gasteiger partial charge on any atom is 0.387 e. The van der Waals surface area contributed by atoms with Gasteiger partial charge in [-0.3, -0.25) is 9.69 Å². The van der Waals surface area contributed by atoms with E-state index in [1.165, 1.54) is 12.1 Å². The van der Waals surface area contributed by atoms with E-state index in [-0.39, 0.29) is 17.7 Å². The summed E-state index contributed by atoms with van der Waals surface area (Å²) < 4.78 is 34.4. The van der Waals surface area contributed by atoms with Gasteiger partial charge in [-0.15, -0.1) is 0 Å². The molecule has 1 amide bonds. The molecule has 27 heavy (non-hydrogen) atoms. The Morgan fingerprint density at radius 2 is 1.67 bits per heavy atom. The van der Waals surface area contributed by atoms with E-state index in [0.29, 0.717) is 19.8 Å². The summed E-state index contributed by atoms with van der Waals surface area (Å²) in [7, 11) is 0. The van der Waals surface area contributed by atoms with Gasteiger partial charge in [-0.2, -0.15) is 8.78 Å². The second kappa shape index (κ2) is 9.43. The van der Waals surface area contributed by atoms with Crippen LogP contribution in [0.3, 0.4) is 0 Å². The molecular weight excluding hydrogens is 354 g/mol. The Bertz CT molecular complexity index is 720. The fraction of sp³-hybridized carbons (Fsp3) is 0.350. The predicted octanol–water partition coefficient (Wildman–Crippen LogP) is 2.83. The number of rotatable bonds is 7. The van der Waals surface area contributed by atoms with Crippen molar-refractivity contribution in [1.82, 2.24) is 10.2 Å². The number of carbonyl (C=O) groups excluding carboxylic acids is 1. The van der Waals surface area contributed by atoms with Crippen LogP contribution < -0.4 is 10.1 Å². The summed E-state index contributed by atoms with van der Waals surface area (Å²) in [6.07, 6.45) is 0. The number of nitrogens with zero attached hydrogens (tertiary/aromatic N) is 1. The van der Waals surface area contributed by atoms with E-state index >= 15 is 0 Å². The molecule has 0 saturated carbocycles. The number of hydrogen-bond acceptors (Lipinski definition) is 4. The highest BCUT2D eigenvalue weighted by atomic mass is 19.3. The van der Waals surface area contributed by atoms with E-state index in [1.54, 1.807) is 12.1 Å². The van der Waals surface area contributed by atoms with Gasteiger partial charge in [0.15, 0.2) is 0 Å². The molecule has 1 aliphatic rings. The molecule has 1 aliphatic heterocycles. The average molecular weight is 376 g/mol. The average Bonchev–Trinajstić information content (AvgIpc) is 2.68. The normalized spacial score (nSPS) is 16.1. The fourth-order valence-corrected chi connectivity index (χ4v) is 3.02. The van der Waals surface area contributed by atoms with Crippen LogP contribution in [0.4, 0.5) is 8.78 Å². The minimum atomic E-state index is -2.87. The summed E-state index contributed by atoms with van der Waals surface area (Å²) in [5.74, 6) is -0.0149. The Morgan fingerprint density at radius 1 is 1.04 bits per heavy atom. The van der Waals surface area contributed by atoms with Gasteiger partial charge >= 0.3 is 6.61 Å². The first-order chi connectivity index (χ1) is 13.1. The zero-order valence-corrected chi connectivity index (χ0v) is 14.8. The van der Waals surface area contributed by atoms with E-state index < -0.39 is 6.61 Å². The van der Waals surface area contributed by atoms with Gasteiger partial charge in [0, 0.05) is 13.1 Å². The molecule has 0 unspecified atom stereocenters. The molecule has 1 heterocycles. The van der Waals surface area contributed by atoms with Crippen LogP contribution in [0.1, 0.15) is 17.2 Å². The Morgan fingerprint density at radius 3 is 2.30 bits per heavy atom. The molecule has 1 N–H and O–H groups in total. The number of benzene rings is 2. The van der Waals surface area contributed by atoms with Gasteiger partial charge in [0.05, 0.1) is 25.8 Å². The third-order valence-electron chi connectivity index (χ3n) is 4.35. The summed E-state index contributed by atoms with van der Waals surface area (Å²) in [4.78, 5) is 14.6. The number of carbonyl (C=O) groups is 1. The van der Waals surface area contributed by atoms with Crippen LogP contribution in [-0.4, -0.2) is 50.3 Å². The molecule has 2 aromatic rings. The van der Waals surface area contributed by atoms with Gasteiger partial charge in [0.25, 0.3) is 0 Å². The highest BCUT2D eigenvalue weighted by molar-refractivity contribution is 5.79. The molecule has 3 rings (SSSR count). The maximum atomic E-state index is 12.6. The van der Waals surface area contributed by atoms with Gasteiger partial charge in [-0.05, 0) is 23.3 Å². The Labute approximate surface area is 156 Å². The van der Waals surface area contributed by atoms with Crippen LogP contribution in [0, 0.1) is 0 Å². The molecule has 0 aliphatic carbocycles. The number of nitrogens with one attached hydrogen (secondary N) is 1. The molecule has 1 atom stereocenters. The van der Waals surface area contributed by atoms with Gasteiger partial charge < -0.3 is 14.8 Å². The Kier molecular flexibility index (Phi) is 6.73. The van der Waals surface area contributed by atoms with Gasteiger partial charge in [0.1, 0.15) is 5.75 Å². The number of morpholine rings is 1. The lowest BCUT2D eigenvalue weighted by atomic mass is 9.98. The van der Waals surface area contributed by atoms with Crippen molar-refractivity contribution in [2.75, 3.05) is 32.8 Å². The molecule has 1 saturated heterocycles. The second-order valence-corrected chi connectivity index (χ2v) is 6.25. The van der Waals surface area contributed by atoms with E-state index in [9.17, 15) is 13.6 Å². The van der Waals surface area contributed by atoms with Crippen molar-refractivity contribution in [3.63, 3.8) is 0 Å². The molecular formula is C20H22F2N2O3. The van der Waals surface area contributed by atoms with E-state index in [4.69, 9.17) is 4.74 Å². The summed E-state index contributed by atoms with van der Waals surface area (Å²) in [6.45, 7) is 0.127. The second-order valence-electron chi connectivity index (χ2n) is 6.25. The number of halogens is 2. The lowest BCUT2D eigenvalue weighted by Crippen LogP contribution is -2.44. The number of amides is 1. The van der Waals surface area contributed by atoms with Crippen molar-refractivity contribution >= 4 is 5.91 Å². The molecule has 144 valence electrons. The van der Waals surface area contributed by atoms with Crippen molar-refractivity contribution in [1.29, 1.82) is 0 Å². The summed E-state index contributed by atoms with van der Waals surface area (Å²) in [5.41, 5.74) is 1.70. The van der Waals surface area contributed by atoms with Crippen molar-refractivity contribution in [3.05, 3.63) is 65.7 Å². The molecule has 1 fully saturated rings. The first-order valence-corrected chi connectivity index (χ1v) is 8.81. The van der Waals surface area contributed by atoms with Crippen molar-refractivity contribution in [2.45, 2.75) is 12.7 Å². The van der Waals surface area contributed by atoms with E-state index in [2.05, 4.69) is 10.1 Å². The van der Waals surface area contributed by atoms with Crippen LogP contribution in [0.15, 0.2) is 54.6 Å². The van der Waals surface area contributed by atoms with Crippen LogP contribution in [0.2, 0.25) is 0 Å². The minimum absolute atomic E-state index is 0.0835. The lowest BCUT2D eigenvalue weighted by Gasteiger charge is -2.27. The first-order valence-electron chi connectivity index (χ1n) is 8.81. The quantitative estimate of drug-likeness (QED) is 0.807. The highest BCUT2D eigenvalue weighted by Crippen LogP contribution is 2.25. The summed E-state index contributed by atoms with van der Waals surface area (Å²) >= 11 is 0. The third-order valence-corrected chi connectivity index (χ3v) is 4.35. The van der Waals surface area contributed by atoms with Crippen molar-refractivity contribution in [2.24, 2.45) is 0 Å². The lowest BCUT2D eigenvalue weighted by molar-refractivity contribution is -0.123. The first kappa shape index (κ1) is 19.3. The van der Waals surface area contributed by atoms with Crippen LogP contribution in [0.25, 0.3) is 0 Å². The zero-order chi connectivity index (χ0) is 19.1. The smallest absolute Gasteiger partial charge is 0.387 e. The van der Waals surface area contributed by atoms with Gasteiger partial charge in [-0.25, -0.2) is 0 Å². The van der Waals surface area contributed by atoms with E-state index in [1.807, 2.05) is 35.2 Å². The van der Waals surface area contributed by atoms with Crippen LogP contribution in [0.5, 0.6) is 5.75 Å². The van der Waals surface area contributed by atoms with E-state index in [0.717, 1.165) is 24.2 Å². The standard InChI is InChI=1S/C20H22F2N2O3/c21-20(22)27-17-8-6-16(7-9-17)19(15-4-2-1-3-5-15)23-18(25)14-24-10-12-26-13-11-24/h1-9,19-20H,10-14H2,(H,23,25)/t19-/m1/s1. The van der Waals surface area contributed by atoms with Gasteiger partial charge in [-0.1, -0.05) is 42.5 Å². The molecule has 7 heteroatoms. The van der Waals surface area contributed by atoms with Crippen LogP contribution in [-0.2, 0) is 9.53 Å². The summed E-state index contributed by atoms with van der Waals surface area (Å²) in [6, 6.07) is 15.5. The zero-order valence-electron chi connectivity index (χ0n) is 14.8. The molecule has 0 aromatic heterocycles. The molecule has 0 radical (unpaired) electrons. The Balaban J connectivity index is 1.74. The number of hydrogen-bond donors (Lipinski definition) is 1. The maximum absolute atomic E-state index is 12.6. The van der Waals surface area contributed by atoms with Crippen LogP contribution >= 0.6 is 0 Å². The molecule has 0 bridgehead atoms. The summed E-state index contributed by atoms with van der Waals surface area (Å²) in [5, 5.41) is 3.05. The molecule has 0 spiro atoms. The fourth-order valence-electron chi connectivity index (χ4n) is 3.02. The minimum Gasteiger partial charge on any atom is -0.435 e. The molecule has 2 aromatic carbocycles. The molecule has 5 nitrogen and oxygen atoms in total. The predicted molar refractivity (Wildman–Crippen MR) is 96.8 cm³/mol. The van der Waals surface area contributed by atoms with Crippen molar-refractivity contribution in [3.8, 4) is 5.75 Å². The number of alkyl halides is 2. The topological polar surface area (TPSA) is 50.8 Å². The van der Waals surface area contributed by atoms with Crippen molar-refractivity contribution < 1.29 is 23.0 Å².